The lowest BCUT2D eigenvalue weighted by Crippen LogP contribution is -2.88. The van der Waals surface area contributed by atoms with Crippen molar-refractivity contribution in [2.75, 3.05) is 0 Å². The number of ether oxygens (including phenoxy) is 2. The maximum atomic E-state index is 12.4. The lowest BCUT2D eigenvalue weighted by atomic mass is 9.41. The molecule has 1 aliphatic heterocycles. The largest absolute Gasteiger partial charge is 0.490 e. The van der Waals surface area contributed by atoms with E-state index in [4.69, 9.17) is 26.3 Å². The Morgan fingerprint density at radius 1 is 1.40 bits per heavy atom. The van der Waals surface area contributed by atoms with E-state index in [0.717, 1.165) is 19.3 Å². The zero-order valence-corrected chi connectivity index (χ0v) is 15.3. The van der Waals surface area contributed by atoms with Gasteiger partial charge in [0, 0.05) is 23.9 Å². The van der Waals surface area contributed by atoms with Crippen molar-refractivity contribution in [3.05, 3.63) is 28.8 Å². The number of likely N-dealkylation sites (tertiary alicyclic amines) is 1. The number of piperidine rings is 2. The Kier molecular flexibility index (Phi) is 3.49. The second-order valence-corrected chi connectivity index (χ2v) is 8.57. The molecule has 3 fully saturated rings. The second kappa shape index (κ2) is 5.28. The summed E-state index contributed by atoms with van der Waals surface area (Å²) in [6.45, 7) is 5.67. The third-order valence-electron chi connectivity index (χ3n) is 5.74. The van der Waals surface area contributed by atoms with Crippen LogP contribution in [0.1, 0.15) is 45.6 Å². The molecule has 1 saturated heterocycles. The van der Waals surface area contributed by atoms with Crippen LogP contribution in [0, 0.1) is 16.7 Å². The van der Waals surface area contributed by atoms with E-state index in [1.165, 1.54) is 0 Å². The van der Waals surface area contributed by atoms with Crippen LogP contribution in [-0.2, 0) is 4.74 Å². The van der Waals surface area contributed by atoms with Gasteiger partial charge >= 0.3 is 6.09 Å². The van der Waals surface area contributed by atoms with Crippen LogP contribution in [0.3, 0.4) is 0 Å². The van der Waals surface area contributed by atoms with Crippen LogP contribution in [-0.4, -0.2) is 34.8 Å². The number of carbonyl (C=O) groups is 1. The maximum Gasteiger partial charge on any atom is 0.410 e. The van der Waals surface area contributed by atoms with Crippen LogP contribution < -0.4 is 4.74 Å². The summed E-state index contributed by atoms with van der Waals surface area (Å²) < 4.78 is 11.7. The first-order chi connectivity index (χ1) is 11.8. The minimum atomic E-state index is -0.474. The molecule has 132 valence electrons. The van der Waals surface area contributed by atoms with Crippen LogP contribution in [0.2, 0.25) is 5.02 Å². The molecule has 5 nitrogen and oxygen atoms in total. The molecule has 4 unspecified atom stereocenters. The van der Waals surface area contributed by atoms with Gasteiger partial charge in [0.15, 0.2) is 0 Å². The highest BCUT2D eigenvalue weighted by Gasteiger charge is 2.78. The highest BCUT2D eigenvalue weighted by molar-refractivity contribution is 6.31. The standard InChI is InChI=1S/C19H21ClN2O3/c1-18(2,3)25-17(23)22-14-6-7-19(14)15(22)9-16(19)24-12-5-4-11(10-21)13(20)8-12/h4-5,8,14-16H,6-7,9H2,1-3H3. The average molecular weight is 361 g/mol. The Morgan fingerprint density at radius 3 is 2.68 bits per heavy atom. The van der Waals surface area contributed by atoms with E-state index in [9.17, 15) is 4.79 Å². The van der Waals surface area contributed by atoms with Crippen LogP contribution in [0.5, 0.6) is 5.75 Å². The Hall–Kier alpha value is -1.93. The Bertz CT molecular complexity index is 774. The van der Waals surface area contributed by atoms with Crippen molar-refractivity contribution in [2.24, 2.45) is 5.41 Å². The molecule has 2 aliphatic carbocycles. The van der Waals surface area contributed by atoms with E-state index in [1.807, 2.05) is 31.7 Å². The fourth-order valence-electron chi connectivity index (χ4n) is 4.52. The first-order valence-electron chi connectivity index (χ1n) is 8.64. The van der Waals surface area contributed by atoms with E-state index >= 15 is 0 Å². The fourth-order valence-corrected chi connectivity index (χ4v) is 4.74. The van der Waals surface area contributed by atoms with Gasteiger partial charge in [0.1, 0.15) is 23.5 Å². The van der Waals surface area contributed by atoms with E-state index in [1.54, 1.807) is 18.2 Å². The number of hydrogen-bond acceptors (Lipinski definition) is 4. The number of carbonyl (C=O) groups excluding carboxylic acids is 1. The minimum absolute atomic E-state index is 0.0806. The number of rotatable bonds is 2. The van der Waals surface area contributed by atoms with Gasteiger partial charge in [0.25, 0.3) is 0 Å². The molecule has 1 amide bonds. The summed E-state index contributed by atoms with van der Waals surface area (Å²) in [6.07, 6.45) is 2.78. The summed E-state index contributed by atoms with van der Waals surface area (Å²) in [6, 6.07) is 7.65. The van der Waals surface area contributed by atoms with Gasteiger partial charge in [-0.05, 0) is 45.7 Å². The van der Waals surface area contributed by atoms with Crippen molar-refractivity contribution >= 4 is 17.7 Å². The number of halogens is 1. The van der Waals surface area contributed by atoms with Gasteiger partial charge in [-0.25, -0.2) is 4.79 Å². The van der Waals surface area contributed by atoms with Gasteiger partial charge in [-0.15, -0.1) is 0 Å². The lowest BCUT2D eigenvalue weighted by Gasteiger charge is -2.77. The first kappa shape index (κ1) is 16.5. The number of benzene rings is 1. The lowest BCUT2D eigenvalue weighted by molar-refractivity contribution is -0.298. The second-order valence-electron chi connectivity index (χ2n) is 8.17. The van der Waals surface area contributed by atoms with E-state index in [-0.39, 0.29) is 29.7 Å². The van der Waals surface area contributed by atoms with Crippen molar-refractivity contribution in [3.63, 3.8) is 0 Å². The third-order valence-corrected chi connectivity index (χ3v) is 6.06. The molecule has 25 heavy (non-hydrogen) atoms. The van der Waals surface area contributed by atoms with Gasteiger partial charge in [-0.1, -0.05) is 11.6 Å². The minimum Gasteiger partial charge on any atom is -0.490 e. The molecular weight excluding hydrogens is 340 g/mol. The van der Waals surface area contributed by atoms with Crippen molar-refractivity contribution < 1.29 is 14.3 Å². The summed E-state index contributed by atoms with van der Waals surface area (Å²) in [5, 5.41) is 9.36. The number of hydrogen-bond donors (Lipinski definition) is 0. The molecule has 1 aromatic rings. The fraction of sp³-hybridized carbons (Fsp3) is 0.579. The molecule has 1 spiro atoms. The van der Waals surface area contributed by atoms with Gasteiger partial charge in [0.05, 0.1) is 16.6 Å². The summed E-state index contributed by atoms with van der Waals surface area (Å²) in [4.78, 5) is 14.3. The quantitative estimate of drug-likeness (QED) is 0.795. The first-order valence-corrected chi connectivity index (χ1v) is 9.02. The molecule has 4 rings (SSSR count). The number of nitriles is 1. The number of amides is 1. The van der Waals surface area contributed by atoms with Crippen LogP contribution in [0.25, 0.3) is 0 Å². The van der Waals surface area contributed by atoms with E-state index < -0.39 is 5.60 Å². The van der Waals surface area contributed by atoms with E-state index in [0.29, 0.717) is 16.3 Å². The number of nitrogens with zero attached hydrogens (tertiary/aromatic N) is 2. The summed E-state index contributed by atoms with van der Waals surface area (Å²) >= 11 is 6.08. The molecule has 1 aromatic carbocycles. The molecule has 0 bridgehead atoms. The molecule has 4 atom stereocenters. The van der Waals surface area contributed by atoms with Crippen molar-refractivity contribution in [2.45, 2.75) is 63.8 Å². The summed E-state index contributed by atoms with van der Waals surface area (Å²) in [7, 11) is 0. The SMILES string of the molecule is CC(C)(C)OC(=O)N1C2CCC23C(Oc2ccc(C#N)c(Cl)c2)CC13. The van der Waals surface area contributed by atoms with Gasteiger partial charge < -0.3 is 14.4 Å². The van der Waals surface area contributed by atoms with Crippen LogP contribution >= 0.6 is 11.6 Å². The molecular formula is C19H21ClN2O3. The Morgan fingerprint density at radius 2 is 2.16 bits per heavy atom. The molecule has 2 saturated carbocycles. The highest BCUT2D eigenvalue weighted by atomic mass is 35.5. The van der Waals surface area contributed by atoms with Crippen molar-refractivity contribution in [3.8, 4) is 11.8 Å². The van der Waals surface area contributed by atoms with Gasteiger partial charge in [-0.3, -0.25) is 0 Å². The predicted octanol–water partition coefficient (Wildman–Crippen LogP) is 4.13. The van der Waals surface area contributed by atoms with Crippen molar-refractivity contribution in [1.82, 2.24) is 4.90 Å². The van der Waals surface area contributed by atoms with Gasteiger partial charge in [-0.2, -0.15) is 5.26 Å². The Balaban J connectivity index is 1.44. The summed E-state index contributed by atoms with van der Waals surface area (Å²) in [5.41, 5.74) is 0.0508. The summed E-state index contributed by atoms with van der Waals surface area (Å²) in [5.74, 6) is 0.684. The van der Waals surface area contributed by atoms with Crippen molar-refractivity contribution in [1.29, 1.82) is 5.26 Å². The zero-order valence-electron chi connectivity index (χ0n) is 14.6. The zero-order chi connectivity index (χ0) is 18.0. The molecule has 0 aromatic heterocycles. The molecule has 6 heteroatoms. The van der Waals surface area contributed by atoms with Gasteiger partial charge in [0.2, 0.25) is 0 Å². The maximum absolute atomic E-state index is 12.4. The predicted molar refractivity (Wildman–Crippen MR) is 92.5 cm³/mol. The molecule has 3 aliphatic rings. The highest BCUT2D eigenvalue weighted by Crippen LogP contribution is 2.69. The third kappa shape index (κ3) is 2.31. The molecule has 0 N–H and O–H groups in total. The molecule has 0 radical (unpaired) electrons. The monoisotopic (exact) mass is 360 g/mol. The Labute approximate surface area is 152 Å². The topological polar surface area (TPSA) is 62.6 Å². The van der Waals surface area contributed by atoms with E-state index in [2.05, 4.69) is 0 Å². The smallest absolute Gasteiger partial charge is 0.410 e. The molecule has 1 heterocycles. The normalized spacial score (nSPS) is 32.1. The van der Waals surface area contributed by atoms with Crippen LogP contribution in [0.15, 0.2) is 18.2 Å². The average Bonchev–Trinajstić information content (AvgIpc) is 2.46. The van der Waals surface area contributed by atoms with Crippen LogP contribution in [0.4, 0.5) is 4.79 Å².